The van der Waals surface area contributed by atoms with Crippen molar-refractivity contribution >= 4 is 17.7 Å². The van der Waals surface area contributed by atoms with Crippen molar-refractivity contribution in [1.82, 2.24) is 0 Å². The molecule has 0 aliphatic heterocycles. The first-order chi connectivity index (χ1) is 9.88. The molecule has 0 saturated carbocycles. The Morgan fingerprint density at radius 2 is 2.10 bits per heavy atom. The van der Waals surface area contributed by atoms with Crippen LogP contribution in [-0.4, -0.2) is 31.4 Å². The summed E-state index contributed by atoms with van der Waals surface area (Å²) in [4.78, 5) is 35.2. The average molecular weight is 292 g/mol. The molecule has 0 fully saturated rings. The van der Waals surface area contributed by atoms with Gasteiger partial charge in [-0.2, -0.15) is 0 Å². The number of Topliss-reactive ketones (excluding diaryl/α,β-unsaturated/α-hetero) is 1. The first-order valence-corrected chi connectivity index (χ1v) is 7.01. The van der Waals surface area contributed by atoms with Crippen LogP contribution in [0.5, 0.6) is 0 Å². The van der Waals surface area contributed by atoms with Crippen LogP contribution in [0, 0.1) is 11.3 Å². The lowest BCUT2D eigenvalue weighted by Gasteiger charge is -2.28. The maximum atomic E-state index is 12.3. The van der Waals surface area contributed by atoms with Gasteiger partial charge in [0, 0.05) is 13.3 Å². The molecule has 0 aromatic rings. The van der Waals surface area contributed by atoms with E-state index < -0.39 is 11.3 Å². The molecule has 1 unspecified atom stereocenters. The summed E-state index contributed by atoms with van der Waals surface area (Å²) >= 11 is 0. The van der Waals surface area contributed by atoms with E-state index in [1.807, 2.05) is 19.1 Å². The summed E-state index contributed by atoms with van der Waals surface area (Å²) in [5, 5.41) is 0. The van der Waals surface area contributed by atoms with Gasteiger partial charge in [0.2, 0.25) is 0 Å². The van der Waals surface area contributed by atoms with Gasteiger partial charge in [0.05, 0.1) is 18.4 Å². The van der Waals surface area contributed by atoms with Crippen molar-refractivity contribution in [2.45, 2.75) is 33.1 Å². The highest BCUT2D eigenvalue weighted by molar-refractivity contribution is 5.94. The minimum absolute atomic E-state index is 0.0991. The monoisotopic (exact) mass is 292 g/mol. The molecule has 114 valence electrons. The molecule has 0 amide bonds. The number of ether oxygens (including phenoxy) is 2. The van der Waals surface area contributed by atoms with Crippen LogP contribution in [0.2, 0.25) is 0 Å². The fraction of sp³-hybridized carbons (Fsp3) is 0.562. The zero-order chi connectivity index (χ0) is 15.6. The predicted molar refractivity (Wildman–Crippen MR) is 75.3 cm³/mol. The van der Waals surface area contributed by atoms with Gasteiger partial charge in [-0.25, -0.2) is 0 Å². The van der Waals surface area contributed by atoms with E-state index in [4.69, 9.17) is 9.47 Å². The summed E-state index contributed by atoms with van der Waals surface area (Å²) in [5.41, 5.74) is 1.02. The summed E-state index contributed by atoms with van der Waals surface area (Å²) in [7, 11) is 1.35. The zero-order valence-corrected chi connectivity index (χ0v) is 12.6. The number of methoxy groups -OCH3 is 1. The first kappa shape index (κ1) is 15.5. The van der Waals surface area contributed by atoms with E-state index in [1.165, 1.54) is 14.0 Å². The predicted octanol–water partition coefficient (Wildman–Crippen LogP) is 1.96. The van der Waals surface area contributed by atoms with E-state index in [0.717, 1.165) is 11.1 Å². The van der Waals surface area contributed by atoms with Crippen LogP contribution < -0.4 is 0 Å². The third kappa shape index (κ3) is 2.91. The van der Waals surface area contributed by atoms with Gasteiger partial charge >= 0.3 is 11.9 Å². The summed E-state index contributed by atoms with van der Waals surface area (Å²) < 4.78 is 9.89. The number of carbonyl (C=O) groups is 3. The molecule has 2 rings (SSSR count). The van der Waals surface area contributed by atoms with Gasteiger partial charge in [-0.3, -0.25) is 14.4 Å². The molecule has 0 spiro atoms. The van der Waals surface area contributed by atoms with E-state index in [0.29, 0.717) is 19.3 Å². The minimum Gasteiger partial charge on any atom is -0.469 e. The zero-order valence-electron chi connectivity index (χ0n) is 12.6. The molecular weight excluding hydrogens is 272 g/mol. The Morgan fingerprint density at radius 3 is 2.71 bits per heavy atom. The molecule has 5 nitrogen and oxygen atoms in total. The smallest absolute Gasteiger partial charge is 0.313 e. The van der Waals surface area contributed by atoms with Crippen LogP contribution in [0.1, 0.15) is 33.1 Å². The molecule has 0 heterocycles. The first-order valence-electron chi connectivity index (χ1n) is 7.01. The molecule has 0 saturated heterocycles. The van der Waals surface area contributed by atoms with Gasteiger partial charge in [-0.05, 0) is 30.9 Å². The second-order valence-corrected chi connectivity index (χ2v) is 5.75. The molecular formula is C16H20O5. The van der Waals surface area contributed by atoms with E-state index in [-0.39, 0.29) is 24.3 Å². The van der Waals surface area contributed by atoms with Gasteiger partial charge in [-0.15, -0.1) is 0 Å². The molecule has 0 N–H and O–H groups in total. The van der Waals surface area contributed by atoms with Crippen LogP contribution in [0.3, 0.4) is 0 Å². The summed E-state index contributed by atoms with van der Waals surface area (Å²) in [6, 6.07) is 0. The summed E-state index contributed by atoms with van der Waals surface area (Å²) in [6.45, 7) is 3.37. The van der Waals surface area contributed by atoms with Crippen molar-refractivity contribution < 1.29 is 23.9 Å². The SMILES string of the molecule is COC(=O)C1CC=C(COC(C)=O)C[C@]2(C)C(=O)CC=C12. The topological polar surface area (TPSA) is 69.7 Å². The molecule has 5 heteroatoms. The van der Waals surface area contributed by atoms with Crippen molar-refractivity contribution in [2.24, 2.45) is 11.3 Å². The lowest BCUT2D eigenvalue weighted by molar-refractivity contribution is -0.144. The van der Waals surface area contributed by atoms with Gasteiger partial charge in [0.15, 0.2) is 0 Å². The third-order valence-electron chi connectivity index (χ3n) is 4.30. The Balaban J connectivity index is 2.30. The number of carbonyl (C=O) groups excluding carboxylic acids is 3. The fourth-order valence-electron chi connectivity index (χ4n) is 3.15. The number of hydrogen-bond acceptors (Lipinski definition) is 5. The second kappa shape index (κ2) is 5.84. The van der Waals surface area contributed by atoms with Crippen molar-refractivity contribution in [3.05, 3.63) is 23.3 Å². The Labute approximate surface area is 124 Å². The van der Waals surface area contributed by atoms with Crippen LogP contribution >= 0.6 is 0 Å². The standard InChI is InChI=1S/C16H20O5/c1-10(17)21-9-11-4-5-12(15(19)20-3)13-6-7-14(18)16(13,2)8-11/h4,6,12H,5,7-9H2,1-3H3/t12?,16-/m0/s1. The highest BCUT2D eigenvalue weighted by Crippen LogP contribution is 2.47. The lowest BCUT2D eigenvalue weighted by atomic mass is 9.74. The fourth-order valence-corrected chi connectivity index (χ4v) is 3.15. The minimum atomic E-state index is -0.693. The molecule has 2 atom stereocenters. The Hall–Kier alpha value is -1.91. The van der Waals surface area contributed by atoms with E-state index in [1.54, 1.807) is 0 Å². The Kier molecular flexibility index (Phi) is 4.30. The molecule has 0 aromatic heterocycles. The van der Waals surface area contributed by atoms with Gasteiger partial charge < -0.3 is 9.47 Å². The number of rotatable bonds is 3. The summed E-state index contributed by atoms with van der Waals surface area (Å²) in [5.74, 6) is -1.02. The summed E-state index contributed by atoms with van der Waals surface area (Å²) in [6.07, 6.45) is 5.05. The van der Waals surface area contributed by atoms with Crippen LogP contribution in [0.25, 0.3) is 0 Å². The Bertz CT molecular complexity index is 543. The van der Waals surface area contributed by atoms with E-state index in [9.17, 15) is 14.4 Å². The number of hydrogen-bond donors (Lipinski definition) is 0. The maximum absolute atomic E-state index is 12.3. The second-order valence-electron chi connectivity index (χ2n) is 5.75. The number of fused-ring (bicyclic) bond motifs is 1. The molecule has 0 bridgehead atoms. The lowest BCUT2D eigenvalue weighted by Crippen LogP contribution is -2.31. The molecule has 2 aliphatic rings. The number of ketones is 1. The highest BCUT2D eigenvalue weighted by Gasteiger charge is 2.47. The highest BCUT2D eigenvalue weighted by atomic mass is 16.5. The third-order valence-corrected chi connectivity index (χ3v) is 4.30. The van der Waals surface area contributed by atoms with Gasteiger partial charge in [-0.1, -0.05) is 12.2 Å². The average Bonchev–Trinajstić information content (AvgIpc) is 2.64. The van der Waals surface area contributed by atoms with E-state index >= 15 is 0 Å². The Morgan fingerprint density at radius 1 is 1.38 bits per heavy atom. The quantitative estimate of drug-likeness (QED) is 0.587. The van der Waals surface area contributed by atoms with Crippen molar-refractivity contribution in [2.75, 3.05) is 13.7 Å². The number of allylic oxidation sites excluding steroid dienone is 2. The maximum Gasteiger partial charge on any atom is 0.313 e. The number of esters is 2. The largest absolute Gasteiger partial charge is 0.469 e. The molecule has 2 aliphatic carbocycles. The van der Waals surface area contributed by atoms with Crippen molar-refractivity contribution in [1.29, 1.82) is 0 Å². The molecule has 0 aromatic carbocycles. The molecule has 21 heavy (non-hydrogen) atoms. The van der Waals surface area contributed by atoms with Crippen LogP contribution in [0.15, 0.2) is 23.3 Å². The van der Waals surface area contributed by atoms with Crippen LogP contribution in [-0.2, 0) is 23.9 Å². The van der Waals surface area contributed by atoms with Crippen LogP contribution in [0.4, 0.5) is 0 Å². The normalized spacial score (nSPS) is 28.1. The van der Waals surface area contributed by atoms with Crippen molar-refractivity contribution in [3.8, 4) is 0 Å². The van der Waals surface area contributed by atoms with E-state index in [2.05, 4.69) is 0 Å². The van der Waals surface area contributed by atoms with Gasteiger partial charge in [0.1, 0.15) is 12.4 Å². The molecule has 0 radical (unpaired) electrons. The van der Waals surface area contributed by atoms with Crippen molar-refractivity contribution in [3.63, 3.8) is 0 Å². The van der Waals surface area contributed by atoms with Gasteiger partial charge in [0.25, 0.3) is 0 Å².